The Kier molecular flexibility index (Phi) is 2.36. The highest BCUT2D eigenvalue weighted by Crippen LogP contribution is 2.50. The third-order valence-corrected chi connectivity index (χ3v) is 3.96. The van der Waals surface area contributed by atoms with Crippen molar-refractivity contribution in [1.29, 1.82) is 0 Å². The molecule has 0 atom stereocenters. The fourth-order valence-corrected chi connectivity index (χ4v) is 2.43. The molecule has 1 fully saturated rings. The van der Waals surface area contributed by atoms with Gasteiger partial charge in [-0.15, -0.1) is 5.10 Å². The van der Waals surface area contributed by atoms with Gasteiger partial charge in [0.25, 0.3) is 0 Å². The number of hydrogen-bond donors (Lipinski definition) is 1. The van der Waals surface area contributed by atoms with E-state index >= 15 is 0 Å². The van der Waals surface area contributed by atoms with Crippen molar-refractivity contribution in [2.24, 2.45) is 5.41 Å². The SMILES string of the molecule is CCC1(Cn2nnc3cccc(C(=O)O)c32)CC1. The van der Waals surface area contributed by atoms with Gasteiger partial charge in [-0.2, -0.15) is 0 Å². The molecule has 5 heteroatoms. The molecule has 0 unspecified atom stereocenters. The molecule has 0 aliphatic heterocycles. The van der Waals surface area contributed by atoms with E-state index in [9.17, 15) is 9.90 Å². The molecule has 1 saturated carbocycles. The van der Waals surface area contributed by atoms with E-state index in [1.807, 2.05) is 0 Å². The first-order chi connectivity index (χ1) is 8.65. The molecule has 0 spiro atoms. The van der Waals surface area contributed by atoms with Gasteiger partial charge in [-0.3, -0.25) is 0 Å². The van der Waals surface area contributed by atoms with Gasteiger partial charge in [0.05, 0.1) is 5.56 Å². The number of benzene rings is 1. The van der Waals surface area contributed by atoms with Crippen LogP contribution in [0.2, 0.25) is 0 Å². The Morgan fingerprint density at radius 3 is 2.89 bits per heavy atom. The van der Waals surface area contributed by atoms with Gasteiger partial charge in [-0.1, -0.05) is 18.2 Å². The number of carboxylic acids is 1. The summed E-state index contributed by atoms with van der Waals surface area (Å²) in [4.78, 5) is 11.2. The Labute approximate surface area is 104 Å². The average Bonchev–Trinajstić information content (AvgIpc) is 3.03. The van der Waals surface area contributed by atoms with Crippen molar-refractivity contribution in [2.75, 3.05) is 0 Å². The Morgan fingerprint density at radius 2 is 2.28 bits per heavy atom. The number of carbonyl (C=O) groups is 1. The van der Waals surface area contributed by atoms with Crippen molar-refractivity contribution in [3.8, 4) is 0 Å². The van der Waals surface area contributed by atoms with E-state index in [1.54, 1.807) is 22.9 Å². The lowest BCUT2D eigenvalue weighted by molar-refractivity contribution is 0.0698. The monoisotopic (exact) mass is 245 g/mol. The second-order valence-electron chi connectivity index (χ2n) is 5.08. The summed E-state index contributed by atoms with van der Waals surface area (Å²) in [7, 11) is 0. The quantitative estimate of drug-likeness (QED) is 0.897. The molecule has 0 amide bonds. The number of rotatable bonds is 4. The zero-order valence-corrected chi connectivity index (χ0v) is 10.3. The van der Waals surface area contributed by atoms with E-state index in [4.69, 9.17) is 0 Å². The molecule has 5 nitrogen and oxygen atoms in total. The van der Waals surface area contributed by atoms with Gasteiger partial charge in [0.2, 0.25) is 0 Å². The molecule has 94 valence electrons. The molecule has 2 aromatic rings. The highest BCUT2D eigenvalue weighted by molar-refractivity contribution is 6.00. The van der Waals surface area contributed by atoms with Crippen LogP contribution in [-0.2, 0) is 6.54 Å². The van der Waals surface area contributed by atoms with Crippen LogP contribution in [0.4, 0.5) is 0 Å². The summed E-state index contributed by atoms with van der Waals surface area (Å²) in [5, 5.41) is 17.4. The second kappa shape index (κ2) is 3.80. The fraction of sp³-hybridized carbons (Fsp3) is 0.462. The fourth-order valence-electron chi connectivity index (χ4n) is 2.43. The van der Waals surface area contributed by atoms with Gasteiger partial charge in [0, 0.05) is 6.54 Å². The Hall–Kier alpha value is -1.91. The predicted molar refractivity (Wildman–Crippen MR) is 66.4 cm³/mol. The lowest BCUT2D eigenvalue weighted by atomic mass is 10.0. The van der Waals surface area contributed by atoms with Crippen LogP contribution in [0.5, 0.6) is 0 Å². The lowest BCUT2D eigenvalue weighted by Crippen LogP contribution is -2.13. The minimum absolute atomic E-state index is 0.282. The first-order valence-corrected chi connectivity index (χ1v) is 6.21. The van der Waals surface area contributed by atoms with Crippen LogP contribution in [-0.4, -0.2) is 26.1 Å². The van der Waals surface area contributed by atoms with Gasteiger partial charge in [0.1, 0.15) is 11.0 Å². The van der Waals surface area contributed by atoms with Gasteiger partial charge >= 0.3 is 5.97 Å². The maximum absolute atomic E-state index is 11.2. The standard InChI is InChI=1S/C13H15N3O2/c1-2-13(6-7-13)8-16-11-9(12(17)18)4-3-5-10(11)14-15-16/h3-5H,2,6-8H2,1H3,(H,17,18). The minimum atomic E-state index is -0.925. The second-order valence-corrected chi connectivity index (χ2v) is 5.08. The smallest absolute Gasteiger partial charge is 0.337 e. The molecule has 1 heterocycles. The highest BCUT2D eigenvalue weighted by atomic mass is 16.4. The minimum Gasteiger partial charge on any atom is -0.478 e. The number of carboxylic acid groups (broad SMARTS) is 1. The van der Waals surface area contributed by atoms with E-state index in [-0.39, 0.29) is 5.56 Å². The van der Waals surface area contributed by atoms with Gasteiger partial charge < -0.3 is 5.11 Å². The summed E-state index contributed by atoms with van der Waals surface area (Å²) in [5.41, 5.74) is 1.89. The zero-order valence-electron chi connectivity index (χ0n) is 10.3. The molecule has 0 bridgehead atoms. The van der Waals surface area contributed by atoms with Crippen molar-refractivity contribution in [3.05, 3.63) is 23.8 Å². The number of fused-ring (bicyclic) bond motifs is 1. The molecule has 3 rings (SSSR count). The summed E-state index contributed by atoms with van der Waals surface area (Å²) >= 11 is 0. The van der Waals surface area contributed by atoms with Gasteiger partial charge in [-0.05, 0) is 36.8 Å². The number of aromatic nitrogens is 3. The molecular weight excluding hydrogens is 230 g/mol. The molecule has 18 heavy (non-hydrogen) atoms. The maximum Gasteiger partial charge on any atom is 0.337 e. The molecule has 1 aromatic heterocycles. The van der Waals surface area contributed by atoms with Crippen LogP contribution in [0.1, 0.15) is 36.5 Å². The van der Waals surface area contributed by atoms with E-state index in [0.717, 1.165) is 13.0 Å². The molecule has 0 saturated heterocycles. The third kappa shape index (κ3) is 1.66. The number of hydrogen-bond acceptors (Lipinski definition) is 3. The Morgan fingerprint density at radius 1 is 1.50 bits per heavy atom. The maximum atomic E-state index is 11.2. The number of para-hydroxylation sites is 1. The van der Waals surface area contributed by atoms with E-state index in [0.29, 0.717) is 16.4 Å². The van der Waals surface area contributed by atoms with Crippen LogP contribution < -0.4 is 0 Å². The first-order valence-electron chi connectivity index (χ1n) is 6.21. The van der Waals surface area contributed by atoms with E-state index in [2.05, 4.69) is 17.2 Å². The van der Waals surface area contributed by atoms with Gasteiger partial charge in [0.15, 0.2) is 0 Å². The normalized spacial score (nSPS) is 16.9. The molecule has 1 aromatic carbocycles. The lowest BCUT2D eigenvalue weighted by Gasteiger charge is -2.12. The zero-order chi connectivity index (χ0) is 12.8. The van der Waals surface area contributed by atoms with Crippen molar-refractivity contribution in [3.63, 3.8) is 0 Å². The van der Waals surface area contributed by atoms with Crippen molar-refractivity contribution >= 4 is 17.0 Å². The summed E-state index contributed by atoms with van der Waals surface area (Å²) in [6.07, 6.45) is 3.49. The highest BCUT2D eigenvalue weighted by Gasteiger charge is 2.41. The summed E-state index contributed by atoms with van der Waals surface area (Å²) in [6.45, 7) is 2.94. The topological polar surface area (TPSA) is 68.0 Å². The summed E-state index contributed by atoms with van der Waals surface area (Å²) in [5.74, 6) is -0.925. The molecule has 1 aliphatic rings. The molecule has 0 radical (unpaired) electrons. The number of aromatic carboxylic acids is 1. The van der Waals surface area contributed by atoms with E-state index < -0.39 is 5.97 Å². The van der Waals surface area contributed by atoms with Crippen molar-refractivity contribution < 1.29 is 9.90 Å². The molecule has 1 aliphatic carbocycles. The third-order valence-electron chi connectivity index (χ3n) is 3.96. The predicted octanol–water partition coefficient (Wildman–Crippen LogP) is 2.32. The first kappa shape index (κ1) is 11.2. The Bertz CT molecular complexity index is 614. The van der Waals surface area contributed by atoms with Crippen LogP contribution in [0.25, 0.3) is 11.0 Å². The number of nitrogens with zero attached hydrogens (tertiary/aromatic N) is 3. The average molecular weight is 245 g/mol. The molecule has 1 N–H and O–H groups in total. The summed E-state index contributed by atoms with van der Waals surface area (Å²) < 4.78 is 1.76. The molecular formula is C13H15N3O2. The van der Waals surface area contributed by atoms with Crippen LogP contribution >= 0.6 is 0 Å². The van der Waals surface area contributed by atoms with Crippen LogP contribution in [0.3, 0.4) is 0 Å². The Balaban J connectivity index is 2.09. The summed E-state index contributed by atoms with van der Waals surface area (Å²) in [6, 6.07) is 5.12. The van der Waals surface area contributed by atoms with E-state index in [1.165, 1.54) is 12.8 Å². The van der Waals surface area contributed by atoms with Crippen molar-refractivity contribution in [2.45, 2.75) is 32.7 Å². The van der Waals surface area contributed by atoms with Crippen molar-refractivity contribution in [1.82, 2.24) is 15.0 Å². The van der Waals surface area contributed by atoms with Crippen LogP contribution in [0.15, 0.2) is 18.2 Å². The van der Waals surface area contributed by atoms with Crippen LogP contribution in [0, 0.1) is 5.41 Å². The van der Waals surface area contributed by atoms with Gasteiger partial charge in [-0.25, -0.2) is 9.48 Å². The largest absolute Gasteiger partial charge is 0.478 e.